The Bertz CT molecular complexity index is 565. The van der Waals surface area contributed by atoms with Crippen LogP contribution in [0, 0.1) is 0 Å². The Morgan fingerprint density at radius 1 is 1.05 bits per heavy atom. The number of aryl methyl sites for hydroxylation is 1. The first kappa shape index (κ1) is 12.1. The van der Waals surface area contributed by atoms with Gasteiger partial charge in [-0.1, -0.05) is 36.4 Å². The fourth-order valence-corrected chi connectivity index (χ4v) is 2.86. The van der Waals surface area contributed by atoms with Crippen molar-refractivity contribution in [3.8, 4) is 5.75 Å². The van der Waals surface area contributed by atoms with Crippen molar-refractivity contribution in [3.05, 3.63) is 59.7 Å². The summed E-state index contributed by atoms with van der Waals surface area (Å²) in [5.41, 5.74) is 3.98. The lowest BCUT2D eigenvalue weighted by atomic mass is 9.87. The molecule has 98 valence electrons. The SMILES string of the molecule is COc1ccccc1NC1CCCc2ccccc21. The molecule has 2 nitrogen and oxygen atoms in total. The molecule has 0 heterocycles. The van der Waals surface area contributed by atoms with Crippen molar-refractivity contribution in [2.75, 3.05) is 12.4 Å². The van der Waals surface area contributed by atoms with E-state index in [9.17, 15) is 0 Å². The van der Waals surface area contributed by atoms with Crippen LogP contribution in [0.4, 0.5) is 5.69 Å². The van der Waals surface area contributed by atoms with Crippen LogP contribution in [0.15, 0.2) is 48.5 Å². The molecule has 0 amide bonds. The zero-order chi connectivity index (χ0) is 13.1. The van der Waals surface area contributed by atoms with Crippen molar-refractivity contribution in [2.24, 2.45) is 0 Å². The highest BCUT2D eigenvalue weighted by atomic mass is 16.5. The molecular weight excluding hydrogens is 234 g/mol. The topological polar surface area (TPSA) is 21.3 Å². The Labute approximate surface area is 114 Å². The Morgan fingerprint density at radius 2 is 1.84 bits per heavy atom. The number of benzene rings is 2. The van der Waals surface area contributed by atoms with Gasteiger partial charge in [0.05, 0.1) is 18.8 Å². The smallest absolute Gasteiger partial charge is 0.141 e. The lowest BCUT2D eigenvalue weighted by molar-refractivity contribution is 0.415. The molecule has 2 aromatic carbocycles. The number of nitrogens with one attached hydrogen (secondary N) is 1. The Kier molecular flexibility index (Phi) is 3.41. The van der Waals surface area contributed by atoms with Crippen LogP contribution >= 0.6 is 0 Å². The van der Waals surface area contributed by atoms with E-state index in [-0.39, 0.29) is 0 Å². The second-order valence-corrected chi connectivity index (χ2v) is 4.99. The van der Waals surface area contributed by atoms with Crippen LogP contribution in [-0.2, 0) is 6.42 Å². The largest absolute Gasteiger partial charge is 0.495 e. The molecule has 0 saturated carbocycles. The molecule has 1 atom stereocenters. The van der Waals surface area contributed by atoms with E-state index in [1.807, 2.05) is 18.2 Å². The van der Waals surface area contributed by atoms with E-state index < -0.39 is 0 Å². The summed E-state index contributed by atoms with van der Waals surface area (Å²) in [5, 5.41) is 3.63. The molecule has 0 fully saturated rings. The number of para-hydroxylation sites is 2. The van der Waals surface area contributed by atoms with Gasteiger partial charge in [-0.05, 0) is 42.5 Å². The van der Waals surface area contributed by atoms with Crippen molar-refractivity contribution in [1.29, 1.82) is 0 Å². The number of fused-ring (bicyclic) bond motifs is 1. The van der Waals surface area contributed by atoms with E-state index >= 15 is 0 Å². The van der Waals surface area contributed by atoms with Gasteiger partial charge in [-0.2, -0.15) is 0 Å². The van der Waals surface area contributed by atoms with Crippen molar-refractivity contribution in [3.63, 3.8) is 0 Å². The normalized spacial score (nSPS) is 17.6. The highest BCUT2D eigenvalue weighted by molar-refractivity contribution is 5.57. The summed E-state index contributed by atoms with van der Waals surface area (Å²) in [6.45, 7) is 0. The molecule has 0 bridgehead atoms. The van der Waals surface area contributed by atoms with Gasteiger partial charge in [0, 0.05) is 0 Å². The molecule has 3 rings (SSSR count). The summed E-state index contributed by atoms with van der Waals surface area (Å²) in [7, 11) is 1.72. The summed E-state index contributed by atoms with van der Waals surface area (Å²) >= 11 is 0. The van der Waals surface area contributed by atoms with E-state index in [0.29, 0.717) is 6.04 Å². The average Bonchev–Trinajstić information content (AvgIpc) is 2.48. The molecule has 0 saturated heterocycles. The first-order valence-electron chi connectivity index (χ1n) is 6.86. The van der Waals surface area contributed by atoms with Gasteiger partial charge < -0.3 is 10.1 Å². The maximum absolute atomic E-state index is 5.41. The number of hydrogen-bond acceptors (Lipinski definition) is 2. The summed E-state index contributed by atoms with van der Waals surface area (Å²) in [6, 6.07) is 17.2. The summed E-state index contributed by atoms with van der Waals surface area (Å²) in [6.07, 6.45) is 3.61. The van der Waals surface area contributed by atoms with Crippen molar-refractivity contribution in [1.82, 2.24) is 0 Å². The third-order valence-corrected chi connectivity index (χ3v) is 3.81. The minimum absolute atomic E-state index is 0.390. The molecule has 2 aromatic rings. The lowest BCUT2D eigenvalue weighted by Gasteiger charge is -2.27. The van der Waals surface area contributed by atoms with Crippen molar-refractivity contribution in [2.45, 2.75) is 25.3 Å². The molecule has 1 aliphatic rings. The second-order valence-electron chi connectivity index (χ2n) is 4.99. The fourth-order valence-electron chi connectivity index (χ4n) is 2.86. The second kappa shape index (κ2) is 5.35. The number of methoxy groups -OCH3 is 1. The summed E-state index contributed by atoms with van der Waals surface area (Å²) < 4.78 is 5.41. The van der Waals surface area contributed by atoms with Crippen molar-refractivity contribution >= 4 is 5.69 Å². The van der Waals surface area contributed by atoms with Gasteiger partial charge in [-0.25, -0.2) is 0 Å². The maximum Gasteiger partial charge on any atom is 0.141 e. The van der Waals surface area contributed by atoms with Gasteiger partial charge in [0.25, 0.3) is 0 Å². The quantitative estimate of drug-likeness (QED) is 0.885. The van der Waals surface area contributed by atoms with Crippen LogP contribution in [0.25, 0.3) is 0 Å². The standard InChI is InChI=1S/C17H19NO/c1-19-17-12-5-4-10-16(17)18-15-11-6-8-13-7-2-3-9-14(13)15/h2-5,7,9-10,12,15,18H,6,8,11H2,1H3. The minimum atomic E-state index is 0.390. The van der Waals surface area contributed by atoms with Crippen LogP contribution in [-0.4, -0.2) is 7.11 Å². The lowest BCUT2D eigenvalue weighted by Crippen LogP contribution is -2.17. The third-order valence-electron chi connectivity index (χ3n) is 3.81. The van der Waals surface area contributed by atoms with Gasteiger partial charge in [-0.3, -0.25) is 0 Å². The van der Waals surface area contributed by atoms with E-state index in [1.165, 1.54) is 30.4 Å². The minimum Gasteiger partial charge on any atom is -0.495 e. The fraction of sp³-hybridized carbons (Fsp3) is 0.294. The van der Waals surface area contributed by atoms with E-state index in [2.05, 4.69) is 35.6 Å². The van der Waals surface area contributed by atoms with Crippen LogP contribution in [0.2, 0.25) is 0 Å². The average molecular weight is 253 g/mol. The Balaban J connectivity index is 1.88. The maximum atomic E-state index is 5.41. The Morgan fingerprint density at radius 3 is 2.74 bits per heavy atom. The molecule has 1 aliphatic carbocycles. The number of anilines is 1. The predicted octanol–water partition coefficient (Wildman–Crippen LogP) is 4.18. The molecule has 0 aliphatic heterocycles. The molecule has 1 N–H and O–H groups in total. The van der Waals surface area contributed by atoms with Gasteiger partial charge >= 0.3 is 0 Å². The number of ether oxygens (including phenoxy) is 1. The molecule has 1 unspecified atom stereocenters. The third kappa shape index (κ3) is 2.43. The number of rotatable bonds is 3. The molecule has 19 heavy (non-hydrogen) atoms. The van der Waals surface area contributed by atoms with Crippen LogP contribution in [0.3, 0.4) is 0 Å². The summed E-state index contributed by atoms with van der Waals surface area (Å²) in [4.78, 5) is 0. The first-order chi connectivity index (χ1) is 9.38. The van der Waals surface area contributed by atoms with Gasteiger partial charge in [-0.15, -0.1) is 0 Å². The van der Waals surface area contributed by atoms with Crippen LogP contribution in [0.5, 0.6) is 5.75 Å². The molecule has 2 heteroatoms. The highest BCUT2D eigenvalue weighted by Gasteiger charge is 2.20. The van der Waals surface area contributed by atoms with Crippen molar-refractivity contribution < 1.29 is 4.74 Å². The van der Waals surface area contributed by atoms with Crippen LogP contribution in [0.1, 0.15) is 30.0 Å². The van der Waals surface area contributed by atoms with E-state index in [4.69, 9.17) is 4.74 Å². The van der Waals surface area contributed by atoms with Gasteiger partial charge in [0.2, 0.25) is 0 Å². The van der Waals surface area contributed by atoms with Gasteiger partial charge in [0.15, 0.2) is 0 Å². The van der Waals surface area contributed by atoms with Gasteiger partial charge in [0.1, 0.15) is 5.75 Å². The molecular formula is C17H19NO. The molecule has 0 spiro atoms. The number of hydrogen-bond donors (Lipinski definition) is 1. The zero-order valence-electron chi connectivity index (χ0n) is 11.2. The zero-order valence-corrected chi connectivity index (χ0v) is 11.2. The van der Waals surface area contributed by atoms with Crippen LogP contribution < -0.4 is 10.1 Å². The van der Waals surface area contributed by atoms with E-state index in [1.54, 1.807) is 7.11 Å². The Hall–Kier alpha value is -1.96. The highest BCUT2D eigenvalue weighted by Crippen LogP contribution is 2.34. The molecule has 0 aromatic heterocycles. The first-order valence-corrected chi connectivity index (χ1v) is 6.86. The molecule has 0 radical (unpaired) electrons. The summed E-state index contributed by atoms with van der Waals surface area (Å²) in [5.74, 6) is 0.908. The monoisotopic (exact) mass is 253 g/mol. The van der Waals surface area contributed by atoms with E-state index in [0.717, 1.165) is 11.4 Å². The predicted molar refractivity (Wildman–Crippen MR) is 78.7 cm³/mol.